The summed E-state index contributed by atoms with van der Waals surface area (Å²) in [5.41, 5.74) is -0.430. The molecule has 0 bridgehead atoms. The molecule has 1 fully saturated rings. The van der Waals surface area contributed by atoms with E-state index in [0.717, 1.165) is 0 Å². The predicted octanol–water partition coefficient (Wildman–Crippen LogP) is 2.58. The first-order valence-electron chi connectivity index (χ1n) is 8.70. The van der Waals surface area contributed by atoms with Gasteiger partial charge >= 0.3 is 5.97 Å². The third-order valence-electron chi connectivity index (χ3n) is 4.64. The lowest BCUT2D eigenvalue weighted by Crippen LogP contribution is -2.51. The Labute approximate surface area is 148 Å². The molecule has 1 aromatic rings. The molecule has 1 aliphatic rings. The Morgan fingerprint density at radius 3 is 2.76 bits per heavy atom. The maximum Gasteiger partial charge on any atom is 0.314 e. The Bertz CT molecular complexity index is 607. The Balaban J connectivity index is 2.24. The first-order chi connectivity index (χ1) is 12.0. The van der Waals surface area contributed by atoms with Gasteiger partial charge in [0, 0.05) is 20.2 Å². The van der Waals surface area contributed by atoms with E-state index in [1.807, 2.05) is 0 Å². The Hall–Kier alpha value is -1.95. The highest BCUT2D eigenvalue weighted by molar-refractivity contribution is 5.81. The largest absolute Gasteiger partial charge is 0.466 e. The van der Waals surface area contributed by atoms with E-state index in [0.29, 0.717) is 31.6 Å². The molecule has 0 saturated carbocycles. The zero-order chi connectivity index (χ0) is 18.3. The van der Waals surface area contributed by atoms with Crippen molar-refractivity contribution in [2.24, 2.45) is 5.41 Å². The number of amides is 1. The number of nitrogens with zero attached hydrogens (tertiary/aromatic N) is 1. The van der Waals surface area contributed by atoms with E-state index in [4.69, 9.17) is 9.47 Å². The molecule has 0 radical (unpaired) electrons. The molecule has 0 unspecified atom stereocenters. The number of carbonyl (C=O) groups is 2. The van der Waals surface area contributed by atoms with Crippen molar-refractivity contribution in [3.05, 3.63) is 35.6 Å². The molecule has 0 aromatic heterocycles. The van der Waals surface area contributed by atoms with E-state index in [-0.39, 0.29) is 43.7 Å². The fourth-order valence-electron chi connectivity index (χ4n) is 3.37. The molecule has 1 aromatic carbocycles. The van der Waals surface area contributed by atoms with Crippen LogP contribution in [-0.4, -0.2) is 50.2 Å². The van der Waals surface area contributed by atoms with Gasteiger partial charge in [-0.1, -0.05) is 18.2 Å². The van der Waals surface area contributed by atoms with E-state index in [1.165, 1.54) is 6.07 Å². The molecule has 138 valence electrons. The molecular weight excluding hydrogens is 325 g/mol. The van der Waals surface area contributed by atoms with Crippen LogP contribution in [0.2, 0.25) is 0 Å². The van der Waals surface area contributed by atoms with Gasteiger partial charge in [0.05, 0.1) is 25.0 Å². The van der Waals surface area contributed by atoms with Crippen molar-refractivity contribution in [3.63, 3.8) is 0 Å². The van der Waals surface area contributed by atoms with Crippen molar-refractivity contribution < 1.29 is 23.5 Å². The lowest BCUT2D eigenvalue weighted by atomic mass is 9.75. The molecule has 0 spiro atoms. The summed E-state index contributed by atoms with van der Waals surface area (Å²) < 4.78 is 24.4. The minimum Gasteiger partial charge on any atom is -0.466 e. The maximum absolute atomic E-state index is 14.1. The third-order valence-corrected chi connectivity index (χ3v) is 4.64. The fraction of sp³-hybridized carbons (Fsp3) is 0.579. The van der Waals surface area contributed by atoms with Gasteiger partial charge in [0.1, 0.15) is 5.82 Å². The van der Waals surface area contributed by atoms with Gasteiger partial charge in [-0.15, -0.1) is 0 Å². The van der Waals surface area contributed by atoms with Gasteiger partial charge in [0.15, 0.2) is 0 Å². The highest BCUT2D eigenvalue weighted by Gasteiger charge is 2.45. The number of rotatable bonds is 7. The summed E-state index contributed by atoms with van der Waals surface area (Å²) >= 11 is 0. The van der Waals surface area contributed by atoms with Gasteiger partial charge in [-0.25, -0.2) is 4.39 Å². The van der Waals surface area contributed by atoms with Crippen molar-refractivity contribution >= 4 is 11.9 Å². The van der Waals surface area contributed by atoms with Gasteiger partial charge < -0.3 is 14.4 Å². The first-order valence-corrected chi connectivity index (χ1v) is 8.70. The number of ether oxygens (including phenoxy) is 2. The fourth-order valence-corrected chi connectivity index (χ4v) is 3.37. The van der Waals surface area contributed by atoms with Gasteiger partial charge in [-0.2, -0.15) is 0 Å². The van der Waals surface area contributed by atoms with Crippen LogP contribution in [-0.2, 0) is 25.5 Å². The van der Waals surface area contributed by atoms with Crippen LogP contribution in [0.4, 0.5) is 4.39 Å². The van der Waals surface area contributed by atoms with E-state index >= 15 is 0 Å². The Morgan fingerprint density at radius 1 is 1.32 bits per heavy atom. The number of esters is 1. The van der Waals surface area contributed by atoms with E-state index < -0.39 is 5.41 Å². The molecule has 2 rings (SSSR count). The maximum atomic E-state index is 14.1. The van der Waals surface area contributed by atoms with Crippen molar-refractivity contribution in [3.8, 4) is 0 Å². The number of benzene rings is 1. The SMILES string of the molecule is CCOC(=O)[C@@]1(Cc2ccccc2F)CCCN(C(=O)CCOC)C1. The van der Waals surface area contributed by atoms with E-state index in [1.54, 1.807) is 37.1 Å². The summed E-state index contributed by atoms with van der Waals surface area (Å²) in [7, 11) is 1.55. The Morgan fingerprint density at radius 2 is 2.08 bits per heavy atom. The highest BCUT2D eigenvalue weighted by atomic mass is 19.1. The average Bonchev–Trinajstić information content (AvgIpc) is 2.62. The summed E-state index contributed by atoms with van der Waals surface area (Å²) in [5.74, 6) is -0.750. The lowest BCUT2D eigenvalue weighted by molar-refractivity contribution is -0.161. The van der Waals surface area contributed by atoms with Crippen molar-refractivity contribution in [1.29, 1.82) is 0 Å². The molecule has 1 heterocycles. The number of hydrogen-bond donors (Lipinski definition) is 0. The topological polar surface area (TPSA) is 55.8 Å². The second-order valence-electron chi connectivity index (χ2n) is 6.43. The Kier molecular flexibility index (Phi) is 6.93. The second-order valence-corrected chi connectivity index (χ2v) is 6.43. The highest BCUT2D eigenvalue weighted by Crippen LogP contribution is 2.36. The zero-order valence-corrected chi connectivity index (χ0v) is 14.9. The minimum atomic E-state index is -0.904. The summed E-state index contributed by atoms with van der Waals surface area (Å²) in [5, 5.41) is 0. The standard InChI is InChI=1S/C19H26FNO4/c1-3-25-18(23)19(13-15-7-4-5-8-16(15)20)10-6-11-21(14-19)17(22)9-12-24-2/h4-5,7-8H,3,6,9-14H2,1-2H3/t19-/m1/s1. The first kappa shape index (κ1) is 19.4. The number of halogens is 1. The van der Waals surface area contributed by atoms with Crippen LogP contribution < -0.4 is 0 Å². The molecule has 1 aliphatic heterocycles. The number of piperidine rings is 1. The number of hydrogen-bond acceptors (Lipinski definition) is 4. The van der Waals surface area contributed by atoms with Crippen LogP contribution in [0.3, 0.4) is 0 Å². The molecule has 0 aliphatic carbocycles. The van der Waals surface area contributed by atoms with Gasteiger partial charge in [-0.3, -0.25) is 9.59 Å². The summed E-state index contributed by atoms with van der Waals surface area (Å²) in [6.45, 7) is 3.20. The van der Waals surface area contributed by atoms with E-state index in [9.17, 15) is 14.0 Å². The van der Waals surface area contributed by atoms with Crippen LogP contribution in [0.1, 0.15) is 31.7 Å². The van der Waals surface area contributed by atoms with Gasteiger partial charge in [-0.05, 0) is 37.8 Å². The van der Waals surface area contributed by atoms with Crippen LogP contribution in [0, 0.1) is 11.2 Å². The summed E-state index contributed by atoms with van der Waals surface area (Å²) in [6.07, 6.45) is 1.77. The molecule has 1 saturated heterocycles. The molecule has 1 amide bonds. The van der Waals surface area contributed by atoms with Crippen LogP contribution >= 0.6 is 0 Å². The summed E-state index contributed by atoms with van der Waals surface area (Å²) in [6, 6.07) is 6.44. The van der Waals surface area contributed by atoms with E-state index in [2.05, 4.69) is 0 Å². The molecular formula is C19H26FNO4. The van der Waals surface area contributed by atoms with Gasteiger partial charge in [0.2, 0.25) is 5.91 Å². The van der Waals surface area contributed by atoms with Crippen molar-refractivity contribution in [1.82, 2.24) is 4.90 Å². The molecule has 0 N–H and O–H groups in total. The van der Waals surface area contributed by atoms with Crippen LogP contribution in [0.5, 0.6) is 0 Å². The van der Waals surface area contributed by atoms with Crippen LogP contribution in [0.25, 0.3) is 0 Å². The molecule has 6 heteroatoms. The molecule has 5 nitrogen and oxygen atoms in total. The lowest BCUT2D eigenvalue weighted by Gasteiger charge is -2.41. The van der Waals surface area contributed by atoms with Crippen molar-refractivity contribution in [2.75, 3.05) is 33.4 Å². The third kappa shape index (κ3) is 4.78. The molecule has 1 atom stereocenters. The number of carbonyl (C=O) groups excluding carboxylic acids is 2. The van der Waals surface area contributed by atoms with Crippen molar-refractivity contribution in [2.45, 2.75) is 32.6 Å². The normalized spacial score (nSPS) is 20.4. The van der Waals surface area contributed by atoms with Crippen LogP contribution in [0.15, 0.2) is 24.3 Å². The number of methoxy groups -OCH3 is 1. The monoisotopic (exact) mass is 351 g/mol. The van der Waals surface area contributed by atoms with Gasteiger partial charge in [0.25, 0.3) is 0 Å². The predicted molar refractivity (Wildman–Crippen MR) is 91.5 cm³/mol. The minimum absolute atomic E-state index is 0.0521. The quantitative estimate of drug-likeness (QED) is 0.709. The zero-order valence-electron chi connectivity index (χ0n) is 14.9. The second kappa shape index (κ2) is 8.94. The average molecular weight is 351 g/mol. The smallest absolute Gasteiger partial charge is 0.314 e. The molecule has 25 heavy (non-hydrogen) atoms. The number of likely N-dealkylation sites (tertiary alicyclic amines) is 1. The summed E-state index contributed by atoms with van der Waals surface area (Å²) in [4.78, 5) is 26.8.